The molecule has 1 aliphatic rings. The Hall–Kier alpha value is -1.15. The van der Waals surface area contributed by atoms with E-state index < -0.39 is 0 Å². The topological polar surface area (TPSA) is 26.1 Å². The Labute approximate surface area is 103 Å². The number of morpholine rings is 1. The van der Waals surface area contributed by atoms with Gasteiger partial charge in [0, 0.05) is 26.3 Å². The fourth-order valence-electron chi connectivity index (χ4n) is 1.96. The first-order chi connectivity index (χ1) is 8.17. The summed E-state index contributed by atoms with van der Waals surface area (Å²) < 4.78 is 11.0. The highest BCUT2D eigenvalue weighted by Gasteiger charge is 2.25. The van der Waals surface area contributed by atoms with Gasteiger partial charge in [0.05, 0.1) is 18.8 Å². The Morgan fingerprint density at radius 1 is 1.59 bits per heavy atom. The van der Waals surface area contributed by atoms with Crippen LogP contribution in [0, 0.1) is 6.57 Å². The lowest BCUT2D eigenvalue weighted by Crippen LogP contribution is -2.45. The maximum Gasteiger partial charge on any atom is 0.305 e. The average molecular weight is 237 g/mol. The van der Waals surface area contributed by atoms with Gasteiger partial charge in [-0.3, -0.25) is 0 Å². The first kappa shape index (κ1) is 13.9. The van der Waals surface area contributed by atoms with Crippen molar-refractivity contribution < 1.29 is 9.47 Å². The van der Waals surface area contributed by atoms with Crippen LogP contribution in [0.3, 0.4) is 0 Å². The minimum atomic E-state index is 0.0527. The van der Waals surface area contributed by atoms with Crippen LogP contribution >= 0.6 is 0 Å². The summed E-state index contributed by atoms with van der Waals surface area (Å²) in [5.41, 5.74) is 1.06. The van der Waals surface area contributed by atoms with Gasteiger partial charge in [0.25, 0.3) is 6.57 Å². The van der Waals surface area contributed by atoms with Gasteiger partial charge in [-0.25, -0.2) is 0 Å². The Balaban J connectivity index is 2.75. The van der Waals surface area contributed by atoms with Crippen LogP contribution in [0.25, 0.3) is 4.85 Å². The van der Waals surface area contributed by atoms with E-state index in [0.29, 0.717) is 6.61 Å². The standard InChI is InChI=1S/C13H21N2O2/c1-11-9-15(3)10-13(17-11)12(5-7-14-2)6-8-16-4/h2,5-7,11,13H,8-10H2,1,3-4H3/q+1/b7-5-,12-6+. The van der Waals surface area contributed by atoms with Crippen LogP contribution in [0.4, 0.5) is 0 Å². The van der Waals surface area contributed by atoms with Gasteiger partial charge in [-0.15, -0.1) is 0 Å². The van der Waals surface area contributed by atoms with E-state index in [1.165, 1.54) is 0 Å². The molecule has 0 N–H and O–H groups in total. The van der Waals surface area contributed by atoms with Gasteiger partial charge in [0.15, 0.2) is 0 Å². The van der Waals surface area contributed by atoms with Gasteiger partial charge in [0.1, 0.15) is 0 Å². The third kappa shape index (κ3) is 4.70. The number of methoxy groups -OCH3 is 1. The molecule has 1 fully saturated rings. The van der Waals surface area contributed by atoms with Crippen molar-refractivity contribution in [1.82, 2.24) is 4.90 Å². The third-order valence-corrected chi connectivity index (χ3v) is 2.65. The number of ether oxygens (including phenoxy) is 2. The molecule has 17 heavy (non-hydrogen) atoms. The van der Waals surface area contributed by atoms with Gasteiger partial charge in [-0.1, -0.05) is 6.08 Å². The fraction of sp³-hybridized carbons (Fsp3) is 0.615. The molecule has 0 aliphatic carbocycles. The van der Waals surface area contributed by atoms with Crippen LogP contribution in [-0.2, 0) is 9.47 Å². The van der Waals surface area contributed by atoms with Gasteiger partial charge in [-0.2, -0.15) is 0 Å². The predicted molar refractivity (Wildman–Crippen MR) is 69.2 cm³/mol. The van der Waals surface area contributed by atoms with E-state index >= 15 is 0 Å². The lowest BCUT2D eigenvalue weighted by Gasteiger charge is -2.35. The molecule has 4 heteroatoms. The number of nitrogens with zero attached hydrogens (tertiary/aromatic N) is 2. The summed E-state index contributed by atoms with van der Waals surface area (Å²) in [7, 11) is 3.76. The molecule has 1 heterocycles. The molecule has 0 spiro atoms. The van der Waals surface area contributed by atoms with Crippen molar-refractivity contribution in [1.29, 1.82) is 0 Å². The number of rotatable bonds is 4. The highest BCUT2D eigenvalue weighted by molar-refractivity contribution is 5.26. The van der Waals surface area contributed by atoms with Gasteiger partial charge >= 0.3 is 6.20 Å². The van der Waals surface area contributed by atoms with E-state index in [4.69, 9.17) is 16.0 Å². The Morgan fingerprint density at radius 3 is 2.94 bits per heavy atom. The molecule has 2 atom stereocenters. The summed E-state index contributed by atoms with van der Waals surface area (Å²) in [6.45, 7) is 9.58. The summed E-state index contributed by atoms with van der Waals surface area (Å²) in [6, 6.07) is 0. The monoisotopic (exact) mass is 237 g/mol. The van der Waals surface area contributed by atoms with Crippen LogP contribution in [0.2, 0.25) is 0 Å². The lowest BCUT2D eigenvalue weighted by atomic mass is 10.1. The van der Waals surface area contributed by atoms with Crippen LogP contribution in [-0.4, -0.2) is 51.0 Å². The van der Waals surface area contributed by atoms with E-state index in [1.54, 1.807) is 13.3 Å². The quantitative estimate of drug-likeness (QED) is 0.697. The average Bonchev–Trinajstić information content (AvgIpc) is 2.28. The molecule has 0 saturated carbocycles. The van der Waals surface area contributed by atoms with Crippen molar-refractivity contribution in [3.63, 3.8) is 0 Å². The molecule has 1 rings (SSSR count). The van der Waals surface area contributed by atoms with Crippen LogP contribution in [0.5, 0.6) is 0 Å². The number of hydrogen-bond donors (Lipinski definition) is 0. The van der Waals surface area contributed by atoms with E-state index in [1.807, 2.05) is 12.2 Å². The molecular weight excluding hydrogens is 216 g/mol. The Morgan fingerprint density at radius 2 is 2.35 bits per heavy atom. The molecular formula is C13H21N2O2+. The molecule has 0 radical (unpaired) electrons. The predicted octanol–water partition coefficient (Wildman–Crippen LogP) is 1.75. The Kier molecular flexibility index (Phi) is 5.92. The summed E-state index contributed by atoms with van der Waals surface area (Å²) in [5.74, 6) is 0. The van der Waals surface area contributed by atoms with Gasteiger partial charge < -0.3 is 14.4 Å². The SMILES string of the molecule is C#[N+]/C=C\C(=C/COC)C1CN(C)CC(C)O1. The van der Waals surface area contributed by atoms with E-state index in [-0.39, 0.29) is 12.2 Å². The largest absolute Gasteiger partial charge is 0.381 e. The number of hydrogen-bond acceptors (Lipinski definition) is 3. The molecule has 0 bridgehead atoms. The van der Waals surface area contributed by atoms with Gasteiger partial charge in [-0.05, 0) is 24.4 Å². The van der Waals surface area contributed by atoms with E-state index in [2.05, 4.69) is 23.7 Å². The summed E-state index contributed by atoms with van der Waals surface area (Å²) in [4.78, 5) is 5.74. The molecule has 4 nitrogen and oxygen atoms in total. The van der Waals surface area contributed by atoms with Crippen LogP contribution in [0.1, 0.15) is 6.92 Å². The van der Waals surface area contributed by atoms with Crippen LogP contribution in [0.15, 0.2) is 23.9 Å². The highest BCUT2D eigenvalue weighted by atomic mass is 16.5. The smallest absolute Gasteiger partial charge is 0.305 e. The molecule has 0 amide bonds. The summed E-state index contributed by atoms with van der Waals surface area (Å²) in [5, 5.41) is 0. The summed E-state index contributed by atoms with van der Waals surface area (Å²) in [6.07, 6.45) is 5.72. The second kappa shape index (κ2) is 7.23. The molecule has 0 aromatic heterocycles. The van der Waals surface area contributed by atoms with Crippen LogP contribution < -0.4 is 0 Å². The first-order valence-electron chi connectivity index (χ1n) is 5.77. The molecule has 2 unspecified atom stereocenters. The maximum atomic E-state index is 5.91. The van der Waals surface area contributed by atoms with E-state index in [9.17, 15) is 0 Å². The molecule has 1 saturated heterocycles. The zero-order valence-corrected chi connectivity index (χ0v) is 10.8. The van der Waals surface area contributed by atoms with Gasteiger partial charge in [0.2, 0.25) is 0 Å². The van der Waals surface area contributed by atoms with Crippen molar-refractivity contribution in [2.24, 2.45) is 0 Å². The highest BCUT2D eigenvalue weighted by Crippen LogP contribution is 2.17. The molecule has 1 aliphatic heterocycles. The van der Waals surface area contributed by atoms with Crippen molar-refractivity contribution >= 4 is 0 Å². The zero-order valence-electron chi connectivity index (χ0n) is 10.8. The zero-order chi connectivity index (χ0) is 12.7. The number of likely N-dealkylation sites (N-methyl/N-ethyl adjacent to an activating group) is 1. The Bertz CT molecular complexity index is 321. The molecule has 0 aromatic rings. The minimum absolute atomic E-state index is 0.0527. The van der Waals surface area contributed by atoms with Crippen molar-refractivity contribution in [3.8, 4) is 6.57 Å². The fourth-order valence-corrected chi connectivity index (χ4v) is 1.96. The minimum Gasteiger partial charge on any atom is -0.381 e. The van der Waals surface area contributed by atoms with Crippen molar-refractivity contribution in [2.75, 3.05) is 33.9 Å². The maximum absolute atomic E-state index is 5.91. The molecule has 94 valence electrons. The lowest BCUT2D eigenvalue weighted by molar-refractivity contribution is -0.0507. The molecule has 0 aromatic carbocycles. The second-order valence-corrected chi connectivity index (χ2v) is 4.28. The normalized spacial score (nSPS) is 27.3. The third-order valence-electron chi connectivity index (χ3n) is 2.65. The second-order valence-electron chi connectivity index (χ2n) is 4.28. The first-order valence-corrected chi connectivity index (χ1v) is 5.77. The van der Waals surface area contributed by atoms with Crippen molar-refractivity contribution in [3.05, 3.63) is 28.8 Å². The van der Waals surface area contributed by atoms with E-state index in [0.717, 1.165) is 18.7 Å². The summed E-state index contributed by atoms with van der Waals surface area (Å²) >= 11 is 0. The van der Waals surface area contributed by atoms with Crippen molar-refractivity contribution in [2.45, 2.75) is 19.1 Å².